The molecule has 1 N–H and O–H groups in total. The van der Waals surface area contributed by atoms with Gasteiger partial charge in [-0.2, -0.15) is 0 Å². The van der Waals surface area contributed by atoms with Gasteiger partial charge in [-0.25, -0.2) is 0 Å². The number of aryl methyl sites for hydroxylation is 2. The van der Waals surface area contributed by atoms with Gasteiger partial charge in [0.15, 0.2) is 5.11 Å². The van der Waals surface area contributed by atoms with Crippen molar-refractivity contribution >= 4 is 28.7 Å². The van der Waals surface area contributed by atoms with Crippen LogP contribution in [0.4, 0.5) is 11.4 Å². The standard InChI is InChI=1S/C22H27N3S/c1-4-16-6-8-17(9-7-16)23-22(26)25-20-10-5-15(2)13-18(20)19-14-24(3)12-11-21(19)25/h5-10,13,19,21H,4,11-12,14H2,1-3H3,(H,23,26). The van der Waals surface area contributed by atoms with E-state index in [1.54, 1.807) is 0 Å². The molecule has 0 aromatic heterocycles. The zero-order chi connectivity index (χ0) is 18.3. The lowest BCUT2D eigenvalue weighted by Crippen LogP contribution is -2.48. The van der Waals surface area contributed by atoms with Crippen molar-refractivity contribution < 1.29 is 0 Å². The van der Waals surface area contributed by atoms with E-state index in [1.807, 2.05) is 0 Å². The van der Waals surface area contributed by atoms with Crippen molar-refractivity contribution in [3.63, 3.8) is 0 Å². The van der Waals surface area contributed by atoms with Crippen LogP contribution in [-0.2, 0) is 6.42 Å². The number of thiocarbonyl (C=S) groups is 1. The van der Waals surface area contributed by atoms with Crippen LogP contribution in [0.2, 0.25) is 0 Å². The summed E-state index contributed by atoms with van der Waals surface area (Å²) in [7, 11) is 2.22. The lowest BCUT2D eigenvalue weighted by Gasteiger charge is -2.37. The summed E-state index contributed by atoms with van der Waals surface area (Å²) in [5, 5.41) is 4.29. The van der Waals surface area contributed by atoms with Gasteiger partial charge >= 0.3 is 0 Å². The molecule has 136 valence electrons. The number of hydrogen-bond acceptors (Lipinski definition) is 2. The lowest BCUT2D eigenvalue weighted by atomic mass is 9.89. The molecule has 1 fully saturated rings. The summed E-state index contributed by atoms with van der Waals surface area (Å²) in [5.74, 6) is 0.533. The first kappa shape index (κ1) is 17.5. The Hall–Kier alpha value is -1.91. The maximum Gasteiger partial charge on any atom is 0.178 e. The fourth-order valence-corrected chi connectivity index (χ4v) is 4.71. The number of benzene rings is 2. The topological polar surface area (TPSA) is 18.5 Å². The molecule has 4 heteroatoms. The number of hydrogen-bond donors (Lipinski definition) is 1. The molecule has 2 heterocycles. The Balaban J connectivity index is 1.63. The third-order valence-corrected chi connectivity index (χ3v) is 6.08. The van der Waals surface area contributed by atoms with Crippen LogP contribution in [-0.4, -0.2) is 36.2 Å². The largest absolute Gasteiger partial charge is 0.332 e. The second kappa shape index (κ2) is 7.01. The fraction of sp³-hybridized carbons (Fsp3) is 0.409. The third kappa shape index (κ3) is 3.12. The highest BCUT2D eigenvalue weighted by Crippen LogP contribution is 2.45. The molecule has 0 aliphatic carbocycles. The van der Waals surface area contributed by atoms with Crippen molar-refractivity contribution in [3.8, 4) is 0 Å². The molecule has 2 aliphatic rings. The maximum atomic E-state index is 5.87. The van der Waals surface area contributed by atoms with Crippen molar-refractivity contribution in [2.45, 2.75) is 38.6 Å². The molecule has 0 amide bonds. The Bertz CT molecular complexity index is 815. The normalized spacial score (nSPS) is 22.0. The minimum atomic E-state index is 0.456. The summed E-state index contributed by atoms with van der Waals surface area (Å²) in [5.41, 5.74) is 6.47. The highest BCUT2D eigenvalue weighted by Gasteiger charge is 2.42. The minimum Gasteiger partial charge on any atom is -0.332 e. The molecule has 2 aliphatic heterocycles. The van der Waals surface area contributed by atoms with E-state index in [1.165, 1.54) is 22.4 Å². The molecule has 2 unspecified atom stereocenters. The van der Waals surface area contributed by atoms with Crippen LogP contribution in [0.1, 0.15) is 36.0 Å². The minimum absolute atomic E-state index is 0.456. The van der Waals surface area contributed by atoms with Gasteiger partial charge in [-0.15, -0.1) is 0 Å². The van der Waals surface area contributed by atoms with Crippen molar-refractivity contribution in [2.75, 3.05) is 30.4 Å². The number of fused-ring (bicyclic) bond motifs is 3. The van der Waals surface area contributed by atoms with E-state index in [2.05, 4.69) is 78.5 Å². The monoisotopic (exact) mass is 365 g/mol. The number of nitrogens with zero attached hydrogens (tertiary/aromatic N) is 2. The quantitative estimate of drug-likeness (QED) is 0.786. The molecule has 0 saturated carbocycles. The summed E-state index contributed by atoms with van der Waals surface area (Å²) in [6, 6.07) is 15.9. The van der Waals surface area contributed by atoms with E-state index in [0.717, 1.165) is 36.7 Å². The number of rotatable bonds is 2. The predicted molar refractivity (Wildman–Crippen MR) is 114 cm³/mol. The van der Waals surface area contributed by atoms with Crippen molar-refractivity contribution in [1.82, 2.24) is 4.90 Å². The Kier molecular flexibility index (Phi) is 4.72. The van der Waals surface area contributed by atoms with Gasteiger partial charge in [0.1, 0.15) is 0 Å². The first-order valence-corrected chi connectivity index (χ1v) is 9.96. The number of piperidine rings is 1. The van der Waals surface area contributed by atoms with Gasteiger partial charge in [0.25, 0.3) is 0 Å². The predicted octanol–water partition coefficient (Wildman–Crippen LogP) is 4.56. The maximum absolute atomic E-state index is 5.87. The Morgan fingerprint density at radius 1 is 1.19 bits per heavy atom. The van der Waals surface area contributed by atoms with Gasteiger partial charge in [0, 0.05) is 29.9 Å². The fourth-order valence-electron chi connectivity index (χ4n) is 4.35. The van der Waals surface area contributed by atoms with Gasteiger partial charge in [-0.1, -0.05) is 36.8 Å². The second-order valence-corrected chi connectivity index (χ2v) is 8.02. The van der Waals surface area contributed by atoms with Crippen LogP contribution in [0.25, 0.3) is 0 Å². The molecule has 1 saturated heterocycles. The van der Waals surface area contributed by atoms with Gasteiger partial charge in [0.05, 0.1) is 0 Å². The van der Waals surface area contributed by atoms with Crippen LogP contribution in [0.3, 0.4) is 0 Å². The first-order valence-electron chi connectivity index (χ1n) is 9.55. The Labute approximate surface area is 162 Å². The molecule has 2 atom stereocenters. The Morgan fingerprint density at radius 2 is 1.96 bits per heavy atom. The van der Waals surface area contributed by atoms with Crippen molar-refractivity contribution in [2.24, 2.45) is 0 Å². The summed E-state index contributed by atoms with van der Waals surface area (Å²) >= 11 is 5.87. The summed E-state index contributed by atoms with van der Waals surface area (Å²) in [4.78, 5) is 4.81. The number of anilines is 2. The van der Waals surface area contributed by atoms with E-state index in [4.69, 9.17) is 12.2 Å². The number of nitrogens with one attached hydrogen (secondary N) is 1. The highest BCUT2D eigenvalue weighted by molar-refractivity contribution is 7.80. The summed E-state index contributed by atoms with van der Waals surface area (Å²) in [6.07, 6.45) is 2.20. The van der Waals surface area contributed by atoms with Crippen LogP contribution in [0.5, 0.6) is 0 Å². The molecule has 0 bridgehead atoms. The molecule has 2 aromatic rings. The van der Waals surface area contributed by atoms with Crippen LogP contribution < -0.4 is 10.2 Å². The zero-order valence-corrected chi connectivity index (χ0v) is 16.6. The van der Waals surface area contributed by atoms with Gasteiger partial charge in [-0.05, 0) is 74.9 Å². The molecule has 0 radical (unpaired) electrons. The van der Waals surface area contributed by atoms with E-state index in [0.29, 0.717) is 12.0 Å². The molecule has 0 spiro atoms. The van der Waals surface area contributed by atoms with Crippen molar-refractivity contribution in [1.29, 1.82) is 0 Å². The van der Waals surface area contributed by atoms with E-state index >= 15 is 0 Å². The summed E-state index contributed by atoms with van der Waals surface area (Å²) < 4.78 is 0. The average Bonchev–Trinajstić information content (AvgIpc) is 2.95. The molecule has 4 rings (SSSR count). The van der Waals surface area contributed by atoms with Gasteiger partial charge < -0.3 is 15.1 Å². The molecule has 3 nitrogen and oxygen atoms in total. The van der Waals surface area contributed by atoms with E-state index in [-0.39, 0.29) is 0 Å². The summed E-state index contributed by atoms with van der Waals surface area (Å²) in [6.45, 7) is 6.58. The number of likely N-dealkylation sites (tertiary alicyclic amines) is 1. The van der Waals surface area contributed by atoms with Gasteiger partial charge in [0.2, 0.25) is 0 Å². The van der Waals surface area contributed by atoms with Crippen molar-refractivity contribution in [3.05, 3.63) is 59.2 Å². The second-order valence-electron chi connectivity index (χ2n) is 7.64. The smallest absolute Gasteiger partial charge is 0.178 e. The third-order valence-electron chi connectivity index (χ3n) is 5.79. The molecule has 26 heavy (non-hydrogen) atoms. The van der Waals surface area contributed by atoms with Crippen LogP contribution in [0, 0.1) is 6.92 Å². The highest BCUT2D eigenvalue weighted by atomic mass is 32.1. The van der Waals surface area contributed by atoms with Crippen LogP contribution >= 0.6 is 12.2 Å². The number of likely N-dealkylation sites (N-methyl/N-ethyl adjacent to an activating group) is 1. The van der Waals surface area contributed by atoms with E-state index in [9.17, 15) is 0 Å². The Morgan fingerprint density at radius 3 is 2.69 bits per heavy atom. The van der Waals surface area contributed by atoms with Gasteiger partial charge in [-0.3, -0.25) is 0 Å². The SMILES string of the molecule is CCc1ccc(NC(=S)N2c3ccc(C)cc3C3CN(C)CCC32)cc1. The van der Waals surface area contributed by atoms with Crippen LogP contribution in [0.15, 0.2) is 42.5 Å². The first-order chi connectivity index (χ1) is 12.6. The average molecular weight is 366 g/mol. The molecule has 2 aromatic carbocycles. The zero-order valence-electron chi connectivity index (χ0n) is 15.8. The molecular weight excluding hydrogens is 338 g/mol. The lowest BCUT2D eigenvalue weighted by molar-refractivity contribution is 0.237. The molecular formula is C22H27N3S. The van der Waals surface area contributed by atoms with E-state index < -0.39 is 0 Å².